The Morgan fingerprint density at radius 3 is 0.781 bits per heavy atom. The van der Waals surface area contributed by atoms with Crippen LogP contribution in [0.2, 0.25) is 0 Å². The van der Waals surface area contributed by atoms with Gasteiger partial charge >= 0.3 is 0 Å². The lowest BCUT2D eigenvalue weighted by atomic mass is 9.85. The Balaban J connectivity index is 0.000000116. The van der Waals surface area contributed by atoms with Crippen molar-refractivity contribution >= 4 is 160 Å². The summed E-state index contributed by atoms with van der Waals surface area (Å²) in [5.74, 6) is -8.04. The van der Waals surface area contributed by atoms with Gasteiger partial charge in [0.15, 0.2) is 23.3 Å². The van der Waals surface area contributed by atoms with Gasteiger partial charge in [-0.25, -0.2) is 37.8 Å². The molecule has 0 saturated carbocycles. The third-order valence-electron chi connectivity index (χ3n) is 27.0. The van der Waals surface area contributed by atoms with Crippen LogP contribution in [0.15, 0.2) is 510 Å². The van der Waals surface area contributed by atoms with Crippen LogP contribution in [0.4, 0.5) is 68.7 Å². The fourth-order valence-corrected chi connectivity index (χ4v) is 20.2. The van der Waals surface area contributed by atoms with Crippen molar-refractivity contribution in [3.63, 3.8) is 0 Å². The third kappa shape index (κ3) is 17.4. The zero-order valence-electron chi connectivity index (χ0n) is 78.6. The molecular formula is C134H84F4N8. The molecule has 0 atom stereocenters. The largest absolute Gasteiger partial charge is 0.311 e. The number of para-hydroxylation sites is 6. The molecule has 146 heavy (non-hydrogen) atoms. The van der Waals surface area contributed by atoms with Crippen LogP contribution >= 0.6 is 0 Å². The standard InChI is InChI=1S/C48H34N2.C40H28N2.C34H22.C12F4N4/c1-3-11-35(12-4-1)37-19-27-41(28-20-37)49(42-29-21-38(22-30-42)36-13-5-2-6-14-36)43-31-23-39(24-32-43)40-25-33-44(34-26-40)50-47-17-9-7-15-45(47)46-16-8-10-18-48(46)50;1-5-13-31(14-6-1)41(32-15-7-2-8-16-32)37-27-23-29-22-26-36-38(28-24-30-21-25-35(37)39(29)40(30)36)42(33-17-9-3-10-18-33)34-19-11-4-12-20-34;1-3-11-25-21-27(19-17-23(25)9-1)33-29-13-5-7-15-31(29)34(32-16-8-6-14-30(32)33)28-20-18-24-10-2-4-12-26(24)22-28;1-19-5(3-17)7-9(13)11(15)8(6(4-18)20-2)12(16)10(7)14/h1-34H;1-28H;1-22H;. The van der Waals surface area contributed by atoms with Crippen LogP contribution in [0.1, 0.15) is 0 Å². The number of aromatic nitrogens is 1. The molecule has 25 aromatic rings. The molecule has 8 nitrogen and oxygen atoms in total. The number of anilines is 9. The van der Waals surface area contributed by atoms with E-state index >= 15 is 0 Å². The zero-order chi connectivity index (χ0) is 99.1. The maximum absolute atomic E-state index is 13.6. The summed E-state index contributed by atoms with van der Waals surface area (Å²) in [7, 11) is 0. The number of benzene rings is 24. The Labute approximate surface area is 841 Å². The normalized spacial score (nSPS) is 11.0. The maximum Gasteiger partial charge on any atom is 0.275 e. The highest BCUT2D eigenvalue weighted by Gasteiger charge is 2.27. The van der Waals surface area contributed by atoms with E-state index in [1.807, 2.05) is 0 Å². The molecule has 0 bridgehead atoms. The Kier molecular flexibility index (Phi) is 25.2. The molecule has 0 radical (unpaired) electrons. The fourth-order valence-electron chi connectivity index (χ4n) is 20.2. The Morgan fingerprint density at radius 2 is 0.466 bits per heavy atom. The fraction of sp³-hybridized carbons (Fsp3) is 0. The predicted octanol–water partition coefficient (Wildman–Crippen LogP) is 35.8. The molecule has 0 saturated heterocycles. The molecule has 0 unspecified atom stereocenters. The van der Waals surface area contributed by atoms with Crippen molar-refractivity contribution in [3.8, 4) is 73.5 Å². The van der Waals surface area contributed by atoms with Gasteiger partial charge in [-0.2, -0.15) is 0 Å². The van der Waals surface area contributed by atoms with E-state index in [9.17, 15) is 17.6 Å². The Hall–Kier alpha value is -20.0. The summed E-state index contributed by atoms with van der Waals surface area (Å²) < 4.78 is 56.9. The van der Waals surface area contributed by atoms with Gasteiger partial charge in [0.05, 0.1) is 58.1 Å². The minimum absolute atomic E-state index is 1.10. The first kappa shape index (κ1) is 91.1. The van der Waals surface area contributed by atoms with Crippen molar-refractivity contribution in [2.45, 2.75) is 0 Å². The van der Waals surface area contributed by atoms with Gasteiger partial charge in [0.25, 0.3) is 11.4 Å². The third-order valence-corrected chi connectivity index (χ3v) is 27.0. The molecule has 0 spiro atoms. The maximum atomic E-state index is 13.6. The highest BCUT2D eigenvalue weighted by atomic mass is 19.2. The number of nitriles is 2. The first-order valence-corrected chi connectivity index (χ1v) is 47.9. The van der Waals surface area contributed by atoms with E-state index in [0.29, 0.717) is 0 Å². The van der Waals surface area contributed by atoms with E-state index in [1.165, 1.54) is 164 Å². The van der Waals surface area contributed by atoms with E-state index in [4.69, 9.17) is 23.7 Å². The summed E-state index contributed by atoms with van der Waals surface area (Å²) in [5, 5.41) is 34.4. The molecule has 688 valence electrons. The number of rotatable bonds is 15. The number of hydrogen-bond donors (Lipinski definition) is 0. The monoisotopic (exact) mass is 1880 g/mol. The average Bonchev–Trinajstić information content (AvgIpc) is 0.909. The topological polar surface area (TPSA) is 70.9 Å². The van der Waals surface area contributed by atoms with Crippen LogP contribution in [0.5, 0.6) is 0 Å². The van der Waals surface area contributed by atoms with Gasteiger partial charge in [-0.15, -0.1) is 0 Å². The van der Waals surface area contributed by atoms with Crippen molar-refractivity contribution in [2.24, 2.45) is 0 Å². The number of nitrogens with zero attached hydrogens (tertiary/aromatic N) is 8. The lowest BCUT2D eigenvalue weighted by Crippen LogP contribution is -2.30. The van der Waals surface area contributed by atoms with E-state index < -0.39 is 45.1 Å². The summed E-state index contributed by atoms with van der Waals surface area (Å²) in [6.07, 6.45) is 0. The first-order valence-electron chi connectivity index (χ1n) is 47.9. The number of hydrogen-bond acceptors (Lipinski definition) is 5. The molecule has 0 fully saturated rings. The molecule has 0 aliphatic carbocycles. The van der Waals surface area contributed by atoms with Crippen LogP contribution in [0.3, 0.4) is 0 Å². The molecule has 0 N–H and O–H groups in total. The average molecular weight is 1880 g/mol. The second-order valence-corrected chi connectivity index (χ2v) is 35.3. The van der Waals surface area contributed by atoms with E-state index in [2.05, 4.69) is 539 Å². The minimum atomic E-state index is -2.01. The van der Waals surface area contributed by atoms with Gasteiger partial charge in [0.2, 0.25) is 0 Å². The summed E-state index contributed by atoms with van der Waals surface area (Å²) in [5.41, 5.74) is 23.8. The van der Waals surface area contributed by atoms with Crippen molar-refractivity contribution in [1.82, 2.24) is 4.57 Å². The lowest BCUT2D eigenvalue weighted by Gasteiger charge is -2.29. The second kappa shape index (κ2) is 40.4. The lowest BCUT2D eigenvalue weighted by molar-refractivity contribution is 0.434. The predicted molar refractivity (Wildman–Crippen MR) is 595 cm³/mol. The SMILES string of the molecule is [C-]#[N+]C(C#N)=c1c(F)c(F)c(=C(C#N)[N+]#[C-])c(F)c1F.c1ccc(-c2ccc(N(c3ccc(-c4ccccc4)cc3)c3ccc(-c4ccc(-n5c6ccccc6c6ccccc65)cc4)cc3)cc2)cc1.c1ccc(N(c2ccccc2)c2ccc3ccc4c(N(c5ccccc5)c5ccccc5)ccc5ccc2c3c54)cc1.c1ccc2cc(-c3c4ccccc4c(-c4ccc5ccccc5c4)c4ccccc34)ccc2c1. The van der Waals surface area contributed by atoms with Crippen molar-refractivity contribution in [1.29, 1.82) is 10.5 Å². The van der Waals surface area contributed by atoms with Crippen LogP contribution in [-0.4, -0.2) is 4.57 Å². The van der Waals surface area contributed by atoms with Crippen LogP contribution in [-0.2, 0) is 0 Å². The molecule has 25 rings (SSSR count). The molecule has 12 heteroatoms. The zero-order valence-corrected chi connectivity index (χ0v) is 78.6. The molecular weight excluding hydrogens is 1800 g/mol. The van der Waals surface area contributed by atoms with Crippen LogP contribution in [0.25, 0.3) is 180 Å². The van der Waals surface area contributed by atoms with Gasteiger partial charge in [-0.05, 0) is 254 Å². The van der Waals surface area contributed by atoms with Gasteiger partial charge < -0.3 is 19.3 Å². The number of fused-ring (bicyclic) bond motifs is 7. The van der Waals surface area contributed by atoms with Crippen LogP contribution in [0, 0.1) is 59.1 Å². The van der Waals surface area contributed by atoms with Gasteiger partial charge in [0.1, 0.15) is 0 Å². The van der Waals surface area contributed by atoms with Gasteiger partial charge in [0, 0.05) is 67.0 Å². The van der Waals surface area contributed by atoms with Crippen molar-refractivity contribution in [2.75, 3.05) is 14.7 Å². The minimum Gasteiger partial charge on any atom is -0.311 e. The Bertz CT molecular complexity index is 8860. The smallest absolute Gasteiger partial charge is 0.275 e. The summed E-state index contributed by atoms with van der Waals surface area (Å²) in [4.78, 5) is 12.0. The quantitative estimate of drug-likeness (QED) is 0.0336. The molecule has 1 aromatic heterocycles. The molecule has 0 amide bonds. The summed E-state index contributed by atoms with van der Waals surface area (Å²) >= 11 is 0. The van der Waals surface area contributed by atoms with Gasteiger partial charge in [-0.1, -0.05) is 376 Å². The van der Waals surface area contributed by atoms with Gasteiger partial charge in [-0.3, -0.25) is 0 Å². The highest BCUT2D eigenvalue weighted by molar-refractivity contribution is 6.29. The first-order chi connectivity index (χ1) is 72.0. The molecule has 1 heterocycles. The van der Waals surface area contributed by atoms with E-state index in [1.54, 1.807) is 0 Å². The summed E-state index contributed by atoms with van der Waals surface area (Å²) in [6, 6.07) is 186. The van der Waals surface area contributed by atoms with E-state index in [0.717, 1.165) is 57.6 Å². The highest BCUT2D eigenvalue weighted by Crippen LogP contribution is 2.50. The molecule has 0 aliphatic rings. The second-order valence-electron chi connectivity index (χ2n) is 35.3. The molecule has 0 aliphatic heterocycles. The Morgan fingerprint density at radius 1 is 0.219 bits per heavy atom. The number of halogens is 4. The van der Waals surface area contributed by atoms with Crippen LogP contribution < -0.4 is 25.1 Å². The molecule has 24 aromatic carbocycles. The van der Waals surface area contributed by atoms with Crippen molar-refractivity contribution in [3.05, 3.63) is 566 Å². The summed E-state index contributed by atoms with van der Waals surface area (Å²) in [6.45, 7) is 13.0. The van der Waals surface area contributed by atoms with Crippen molar-refractivity contribution < 1.29 is 17.6 Å². The van der Waals surface area contributed by atoms with E-state index in [-0.39, 0.29) is 0 Å².